The third-order valence-corrected chi connectivity index (χ3v) is 8.04. The van der Waals surface area contributed by atoms with Crippen LogP contribution in [0.25, 0.3) is 22.5 Å². The molecule has 5 atom stereocenters. The van der Waals surface area contributed by atoms with E-state index in [1.54, 1.807) is 13.0 Å². The zero-order valence-corrected chi connectivity index (χ0v) is 25.4. The first-order chi connectivity index (χ1) is 21.1. The number of nitrogens with zero attached hydrogens (tertiary/aromatic N) is 2. The lowest BCUT2D eigenvalue weighted by Crippen LogP contribution is -2.58. The molecular formula is C32H41N3O9. The second-order valence-electron chi connectivity index (χ2n) is 11.5. The number of hydrogen-bond donors (Lipinski definition) is 5. The molecule has 12 heteroatoms. The SMILES string of the molecule is CCNC(=O)c1noc(-c2cc(C(C)C)c(O)cc2O[C@@H]2O[C@@H](C)[C@@H](O)[C@@H](O)[C@@H]2O)c1-c1ccc(CN2CCOCC2)cc1. The Bertz CT molecular complexity index is 1440. The minimum Gasteiger partial charge on any atom is -0.508 e. The molecule has 0 spiro atoms. The molecule has 0 radical (unpaired) electrons. The number of hydrogen-bond acceptors (Lipinski definition) is 11. The van der Waals surface area contributed by atoms with Crippen molar-refractivity contribution in [3.05, 3.63) is 53.2 Å². The minimum absolute atomic E-state index is 0.0600. The lowest BCUT2D eigenvalue weighted by atomic mass is 9.93. The predicted octanol–water partition coefficient (Wildman–Crippen LogP) is 2.63. The molecule has 0 aliphatic carbocycles. The molecular weight excluding hydrogens is 570 g/mol. The summed E-state index contributed by atoms with van der Waals surface area (Å²) in [6.07, 6.45) is -6.63. The minimum atomic E-state index is -1.58. The molecule has 3 heterocycles. The summed E-state index contributed by atoms with van der Waals surface area (Å²) in [4.78, 5) is 15.5. The van der Waals surface area contributed by atoms with Gasteiger partial charge < -0.3 is 44.5 Å². The van der Waals surface area contributed by atoms with Gasteiger partial charge in [-0.15, -0.1) is 0 Å². The molecule has 44 heavy (non-hydrogen) atoms. The predicted molar refractivity (Wildman–Crippen MR) is 160 cm³/mol. The van der Waals surface area contributed by atoms with Crippen LogP contribution in [0.1, 0.15) is 55.2 Å². The maximum atomic E-state index is 13.2. The Morgan fingerprint density at radius 3 is 2.45 bits per heavy atom. The van der Waals surface area contributed by atoms with Crippen molar-refractivity contribution < 1.29 is 44.0 Å². The number of amides is 1. The van der Waals surface area contributed by atoms with Gasteiger partial charge >= 0.3 is 0 Å². The van der Waals surface area contributed by atoms with Crippen LogP contribution in [-0.4, -0.2) is 99.9 Å². The van der Waals surface area contributed by atoms with Gasteiger partial charge in [-0.1, -0.05) is 43.3 Å². The monoisotopic (exact) mass is 611 g/mol. The number of aliphatic hydroxyl groups is 3. The summed E-state index contributed by atoms with van der Waals surface area (Å²) < 4.78 is 23.1. The number of ether oxygens (including phenoxy) is 3. The molecule has 2 fully saturated rings. The number of carbonyl (C=O) groups excluding carboxylic acids is 1. The summed E-state index contributed by atoms with van der Waals surface area (Å²) in [5.74, 6) is -0.295. The van der Waals surface area contributed by atoms with E-state index in [-0.39, 0.29) is 28.9 Å². The highest BCUT2D eigenvalue weighted by atomic mass is 16.7. The van der Waals surface area contributed by atoms with Crippen molar-refractivity contribution in [3.63, 3.8) is 0 Å². The molecule has 5 N–H and O–H groups in total. The molecule has 0 bridgehead atoms. The highest BCUT2D eigenvalue weighted by Gasteiger charge is 2.43. The number of nitrogens with one attached hydrogen (secondary N) is 1. The van der Waals surface area contributed by atoms with Crippen molar-refractivity contribution >= 4 is 5.91 Å². The van der Waals surface area contributed by atoms with Crippen LogP contribution in [0.15, 0.2) is 40.9 Å². The summed E-state index contributed by atoms with van der Waals surface area (Å²) in [5.41, 5.74) is 3.22. The third kappa shape index (κ3) is 6.60. The van der Waals surface area contributed by atoms with E-state index in [2.05, 4.69) is 15.4 Å². The van der Waals surface area contributed by atoms with Gasteiger partial charge in [-0.05, 0) is 42.5 Å². The van der Waals surface area contributed by atoms with Gasteiger partial charge in [0.2, 0.25) is 6.29 Å². The average molecular weight is 612 g/mol. The van der Waals surface area contributed by atoms with Crippen molar-refractivity contribution in [1.82, 2.24) is 15.4 Å². The third-order valence-electron chi connectivity index (χ3n) is 8.04. The number of aliphatic hydroxyl groups excluding tert-OH is 3. The van der Waals surface area contributed by atoms with Gasteiger partial charge in [-0.3, -0.25) is 9.69 Å². The van der Waals surface area contributed by atoms with E-state index in [1.807, 2.05) is 45.0 Å². The van der Waals surface area contributed by atoms with Crippen LogP contribution in [0.5, 0.6) is 11.5 Å². The fourth-order valence-corrected chi connectivity index (χ4v) is 5.49. The first kappa shape index (κ1) is 31.9. The molecule has 2 aliphatic rings. The average Bonchev–Trinajstić information content (AvgIpc) is 3.45. The van der Waals surface area contributed by atoms with E-state index in [1.165, 1.54) is 6.07 Å². The van der Waals surface area contributed by atoms with Gasteiger partial charge in [-0.25, -0.2) is 0 Å². The standard InChI is InChI=1S/C32H41N3O9/c1-5-33-31(40)26-25(20-8-6-19(7-9-20)16-35-10-12-41-13-11-35)30(44-34-26)22-14-21(17(2)3)23(36)15-24(22)43-32-29(39)28(38)27(37)18(4)42-32/h6-9,14-15,17-18,27-29,32,36-39H,5,10-13,16H2,1-4H3,(H,33,40)/t18-,27+,28+,29-,32-/m0/s1. The molecule has 2 saturated heterocycles. The van der Waals surface area contributed by atoms with Crippen molar-refractivity contribution in [3.8, 4) is 33.9 Å². The van der Waals surface area contributed by atoms with Gasteiger partial charge in [0, 0.05) is 32.2 Å². The summed E-state index contributed by atoms with van der Waals surface area (Å²) in [5, 5.41) is 49.0. The molecule has 238 valence electrons. The first-order valence-corrected chi connectivity index (χ1v) is 15.0. The Hall–Kier alpha value is -3.52. The molecule has 2 aromatic carbocycles. The van der Waals surface area contributed by atoms with Crippen LogP contribution in [0.3, 0.4) is 0 Å². The number of phenolic OH excluding ortho intramolecular Hbond substituents is 1. The quantitative estimate of drug-likeness (QED) is 0.241. The van der Waals surface area contributed by atoms with Crippen molar-refractivity contribution in [2.24, 2.45) is 0 Å². The highest BCUT2D eigenvalue weighted by Crippen LogP contribution is 2.44. The number of rotatable bonds is 9. The van der Waals surface area contributed by atoms with Crippen LogP contribution >= 0.6 is 0 Å². The maximum absolute atomic E-state index is 13.2. The number of aromatic hydroxyl groups is 1. The van der Waals surface area contributed by atoms with Crippen molar-refractivity contribution in [1.29, 1.82) is 0 Å². The van der Waals surface area contributed by atoms with E-state index in [0.717, 1.165) is 25.2 Å². The molecule has 1 amide bonds. The Balaban J connectivity index is 1.59. The Morgan fingerprint density at radius 1 is 1.09 bits per heavy atom. The van der Waals surface area contributed by atoms with E-state index in [4.69, 9.17) is 18.7 Å². The second-order valence-corrected chi connectivity index (χ2v) is 11.5. The molecule has 3 aromatic rings. The van der Waals surface area contributed by atoms with Crippen LogP contribution in [0.4, 0.5) is 0 Å². The number of phenols is 1. The summed E-state index contributed by atoms with van der Waals surface area (Å²) >= 11 is 0. The number of aromatic nitrogens is 1. The van der Waals surface area contributed by atoms with Crippen LogP contribution < -0.4 is 10.1 Å². The van der Waals surface area contributed by atoms with Crippen LogP contribution in [0.2, 0.25) is 0 Å². The van der Waals surface area contributed by atoms with E-state index >= 15 is 0 Å². The van der Waals surface area contributed by atoms with E-state index < -0.39 is 36.6 Å². The van der Waals surface area contributed by atoms with Crippen molar-refractivity contribution in [2.45, 2.75) is 70.9 Å². The van der Waals surface area contributed by atoms with Crippen LogP contribution in [-0.2, 0) is 16.0 Å². The zero-order chi connectivity index (χ0) is 31.5. The van der Waals surface area contributed by atoms with Crippen LogP contribution in [0, 0.1) is 0 Å². The Kier molecular flexibility index (Phi) is 9.88. The molecule has 5 rings (SSSR count). The Labute approximate surface area is 256 Å². The van der Waals surface area contributed by atoms with Gasteiger partial charge in [0.15, 0.2) is 11.5 Å². The van der Waals surface area contributed by atoms with Gasteiger partial charge in [0.1, 0.15) is 29.8 Å². The molecule has 2 aliphatic heterocycles. The van der Waals surface area contributed by atoms with Gasteiger partial charge in [0.25, 0.3) is 5.91 Å². The molecule has 12 nitrogen and oxygen atoms in total. The fourth-order valence-electron chi connectivity index (χ4n) is 5.49. The van der Waals surface area contributed by atoms with E-state index in [9.17, 15) is 25.2 Å². The summed E-state index contributed by atoms with van der Waals surface area (Å²) in [6, 6.07) is 10.9. The number of carbonyl (C=O) groups is 1. The normalized spacial score (nSPS) is 24.4. The largest absolute Gasteiger partial charge is 0.508 e. The maximum Gasteiger partial charge on any atom is 0.274 e. The highest BCUT2D eigenvalue weighted by molar-refractivity contribution is 6.02. The lowest BCUT2D eigenvalue weighted by Gasteiger charge is -2.39. The summed E-state index contributed by atoms with van der Waals surface area (Å²) in [7, 11) is 0. The zero-order valence-electron chi connectivity index (χ0n) is 25.4. The smallest absolute Gasteiger partial charge is 0.274 e. The van der Waals surface area contributed by atoms with Gasteiger partial charge in [0.05, 0.1) is 30.4 Å². The lowest BCUT2D eigenvalue weighted by molar-refractivity contribution is -0.268. The molecule has 0 saturated carbocycles. The van der Waals surface area contributed by atoms with Crippen molar-refractivity contribution in [2.75, 3.05) is 32.8 Å². The molecule has 1 aromatic heterocycles. The van der Waals surface area contributed by atoms with Gasteiger partial charge in [-0.2, -0.15) is 0 Å². The Morgan fingerprint density at radius 2 is 1.80 bits per heavy atom. The van der Waals surface area contributed by atoms with E-state index in [0.29, 0.717) is 42.0 Å². The summed E-state index contributed by atoms with van der Waals surface area (Å²) in [6.45, 7) is 11.5. The second kappa shape index (κ2) is 13.6. The first-order valence-electron chi connectivity index (χ1n) is 15.0. The number of benzene rings is 2. The number of morpholine rings is 1. The topological polar surface area (TPSA) is 167 Å². The fraction of sp³-hybridized carbons (Fsp3) is 0.500. The molecule has 0 unspecified atom stereocenters.